The maximum Gasteiger partial charge on any atom is -0.00716 e. The third-order valence-electron chi connectivity index (χ3n) is 4.39. The Hall–Kier alpha value is -0.0400. The molecule has 0 aromatic heterocycles. The van der Waals surface area contributed by atoms with Crippen molar-refractivity contribution >= 4 is 0 Å². The van der Waals surface area contributed by atoms with Crippen LogP contribution < -0.4 is 5.73 Å². The van der Waals surface area contributed by atoms with E-state index < -0.39 is 0 Å². The van der Waals surface area contributed by atoms with Gasteiger partial charge < -0.3 is 5.73 Å². The van der Waals surface area contributed by atoms with Gasteiger partial charge in [0, 0.05) is 0 Å². The fraction of sp³-hybridized carbons (Fsp3) is 1.00. The molecule has 0 amide bonds. The van der Waals surface area contributed by atoms with Crippen LogP contribution in [0.25, 0.3) is 0 Å². The van der Waals surface area contributed by atoms with E-state index in [9.17, 15) is 0 Å². The van der Waals surface area contributed by atoms with E-state index in [0.717, 1.165) is 17.4 Å². The second-order valence-electron chi connectivity index (χ2n) is 3.99. The molecule has 0 bridgehead atoms. The van der Waals surface area contributed by atoms with Gasteiger partial charge in [0.15, 0.2) is 0 Å². The van der Waals surface area contributed by atoms with Crippen molar-refractivity contribution in [2.45, 2.75) is 6.42 Å². The van der Waals surface area contributed by atoms with Gasteiger partial charge in [-0.3, -0.25) is 0 Å². The van der Waals surface area contributed by atoms with Crippen molar-refractivity contribution in [3.8, 4) is 0 Å². The van der Waals surface area contributed by atoms with Crippen molar-refractivity contribution in [3.05, 3.63) is 0 Å². The first-order valence-corrected chi connectivity index (χ1v) is 3.62. The van der Waals surface area contributed by atoms with Crippen LogP contribution in [0.4, 0.5) is 0 Å². The zero-order valence-electron chi connectivity index (χ0n) is 4.72. The van der Waals surface area contributed by atoms with Crippen molar-refractivity contribution in [1.82, 2.24) is 0 Å². The highest BCUT2D eigenvalue weighted by atomic mass is 15.3. The summed E-state index contributed by atoms with van der Waals surface area (Å²) in [7, 11) is 0. The van der Waals surface area contributed by atoms with Crippen LogP contribution >= 0.6 is 0 Å². The average molecular weight is 107 g/mol. The molecule has 2 atom stereocenters. The maximum atomic E-state index is 5.47. The minimum Gasteiger partial charge on any atom is -0.330 e. The second-order valence-corrected chi connectivity index (χ2v) is 3.99. The monoisotopic (exact) mass is 107 g/mol. The lowest BCUT2D eigenvalue weighted by Crippen LogP contribution is -2.21. The van der Waals surface area contributed by atoms with Crippen molar-refractivity contribution in [2.24, 2.45) is 34.3 Å². The van der Waals surface area contributed by atoms with E-state index in [1.165, 1.54) is 24.2 Å². The van der Waals surface area contributed by atoms with Gasteiger partial charge in [-0.2, -0.15) is 0 Å². The number of hydrogen-bond acceptors (Lipinski definition) is 1. The van der Waals surface area contributed by atoms with Gasteiger partial charge in [-0.1, -0.05) is 0 Å². The summed E-state index contributed by atoms with van der Waals surface area (Å²) in [6.45, 7) is 0.946. The molecule has 4 aliphatic carbocycles. The zero-order valence-corrected chi connectivity index (χ0v) is 4.72. The van der Waals surface area contributed by atoms with Crippen molar-refractivity contribution in [2.75, 3.05) is 6.54 Å². The molecular weight excluding hydrogens is 98.1 g/mol. The average Bonchev–Trinajstić information content (AvgIpc) is 2.40. The summed E-state index contributed by atoms with van der Waals surface area (Å²) in [4.78, 5) is 0. The van der Waals surface area contributed by atoms with Crippen LogP contribution in [0.3, 0.4) is 0 Å². The molecule has 1 heteroatoms. The third kappa shape index (κ3) is 0.0794. The molecule has 2 N–H and O–H groups in total. The molecule has 0 aromatic carbocycles. The van der Waals surface area contributed by atoms with Crippen molar-refractivity contribution in [1.29, 1.82) is 0 Å². The van der Waals surface area contributed by atoms with E-state index >= 15 is 0 Å². The third-order valence-corrected chi connectivity index (χ3v) is 4.39. The molecule has 0 aliphatic heterocycles. The smallest absolute Gasteiger partial charge is 0.00716 e. The van der Waals surface area contributed by atoms with Crippen LogP contribution in [-0.2, 0) is 0 Å². The largest absolute Gasteiger partial charge is 0.330 e. The molecule has 42 valence electrons. The van der Waals surface area contributed by atoms with E-state index in [2.05, 4.69) is 0 Å². The van der Waals surface area contributed by atoms with Gasteiger partial charge in [-0.05, 0) is 41.5 Å². The SMILES string of the molecule is NCCC12C3C4C1C432. The number of nitrogens with two attached hydrogens (primary N) is 1. The minimum atomic E-state index is 0.937. The summed E-state index contributed by atoms with van der Waals surface area (Å²) in [6, 6.07) is 0. The highest BCUT2D eigenvalue weighted by molar-refractivity contribution is 5.74. The Bertz CT molecular complexity index is 196. The summed E-state index contributed by atoms with van der Waals surface area (Å²) in [5.74, 6) is 3.75. The first kappa shape index (κ1) is 3.21. The Labute approximate surface area is 48.2 Å². The van der Waals surface area contributed by atoms with Gasteiger partial charge in [0.05, 0.1) is 0 Å². The predicted octanol–water partition coefficient (Wildman–Crippen LogP) is 0.211. The second kappa shape index (κ2) is 0.469. The van der Waals surface area contributed by atoms with Crippen LogP contribution in [0, 0.1) is 28.6 Å². The maximum absolute atomic E-state index is 5.47. The molecule has 2 unspecified atom stereocenters. The van der Waals surface area contributed by atoms with Crippen LogP contribution in [-0.4, -0.2) is 6.54 Å². The fourth-order valence-electron chi connectivity index (χ4n) is 3.92. The minimum absolute atomic E-state index is 0.937. The van der Waals surface area contributed by atoms with Gasteiger partial charge >= 0.3 is 0 Å². The summed E-state index contributed by atoms with van der Waals surface area (Å²) < 4.78 is 0. The van der Waals surface area contributed by atoms with Gasteiger partial charge in [0.2, 0.25) is 0 Å². The molecule has 1 spiro atoms. The topological polar surface area (TPSA) is 26.0 Å². The summed E-state index contributed by atoms with van der Waals surface area (Å²) >= 11 is 0. The molecule has 4 rings (SSSR count). The Morgan fingerprint density at radius 1 is 1.38 bits per heavy atom. The Balaban J connectivity index is 1.74. The zero-order chi connectivity index (χ0) is 5.15. The van der Waals surface area contributed by atoms with Crippen LogP contribution in [0.5, 0.6) is 0 Å². The normalized spacial score (nSPS) is 91.9. The highest BCUT2D eigenvalue weighted by Crippen LogP contribution is 3.31. The van der Waals surface area contributed by atoms with Crippen LogP contribution in [0.1, 0.15) is 6.42 Å². The summed E-state index contributed by atoms with van der Waals surface area (Å²) in [6.07, 6.45) is 1.36. The van der Waals surface area contributed by atoms with Crippen molar-refractivity contribution in [3.63, 3.8) is 0 Å². The molecule has 4 saturated carbocycles. The highest BCUT2D eigenvalue weighted by Gasteiger charge is 3.28. The van der Waals surface area contributed by atoms with E-state index in [4.69, 9.17) is 5.73 Å². The molecule has 0 saturated heterocycles. The predicted molar refractivity (Wildman–Crippen MR) is 29.0 cm³/mol. The number of hydrogen-bond donors (Lipinski definition) is 1. The molecule has 4 fully saturated rings. The Kier molecular flexibility index (Phi) is 0.188. The molecule has 0 heterocycles. The number of fused-ring (bicyclic) bond motifs is 4. The molecule has 4 aliphatic rings. The van der Waals surface area contributed by atoms with Gasteiger partial charge in [0.1, 0.15) is 0 Å². The lowest BCUT2D eigenvalue weighted by atomic mass is 9.83. The lowest BCUT2D eigenvalue weighted by molar-refractivity contribution is 0.257. The standard InChI is InChI=1S/C7H9N/c8-2-1-6-4-3-5(6)7(3,4)6/h3-5H,1-2,8H2. The lowest BCUT2D eigenvalue weighted by Gasteiger charge is -2.22. The van der Waals surface area contributed by atoms with Gasteiger partial charge in [-0.25, -0.2) is 0 Å². The summed E-state index contributed by atoms with van der Waals surface area (Å²) in [5, 5.41) is 0. The molecular formula is C7H9N. The number of rotatable bonds is 2. The molecule has 0 radical (unpaired) electrons. The van der Waals surface area contributed by atoms with E-state index in [1.54, 1.807) is 0 Å². The Morgan fingerprint density at radius 3 is 2.12 bits per heavy atom. The fourth-order valence-corrected chi connectivity index (χ4v) is 3.92. The van der Waals surface area contributed by atoms with Gasteiger partial charge in [-0.15, -0.1) is 0 Å². The molecule has 0 aromatic rings. The van der Waals surface area contributed by atoms with Gasteiger partial charge in [0.25, 0.3) is 0 Å². The van der Waals surface area contributed by atoms with Crippen molar-refractivity contribution < 1.29 is 0 Å². The van der Waals surface area contributed by atoms with E-state index in [1.807, 2.05) is 0 Å². The molecule has 1 nitrogen and oxygen atoms in total. The molecule has 8 heavy (non-hydrogen) atoms. The first-order valence-electron chi connectivity index (χ1n) is 3.62. The van der Waals surface area contributed by atoms with E-state index in [-0.39, 0.29) is 0 Å². The Morgan fingerprint density at radius 2 is 2.00 bits per heavy atom. The van der Waals surface area contributed by atoms with E-state index in [0.29, 0.717) is 0 Å². The van der Waals surface area contributed by atoms with Crippen LogP contribution in [0.2, 0.25) is 0 Å². The summed E-state index contributed by atoms with van der Waals surface area (Å²) in [5.41, 5.74) is 7.44. The quantitative estimate of drug-likeness (QED) is 0.536. The van der Waals surface area contributed by atoms with Crippen LogP contribution in [0.15, 0.2) is 0 Å². The first-order chi connectivity index (χ1) is 3.92.